The van der Waals surface area contributed by atoms with E-state index in [4.69, 9.17) is 0 Å². The Kier molecular flexibility index (Phi) is 4.10. The van der Waals surface area contributed by atoms with E-state index in [1.165, 1.54) is 10.7 Å². The van der Waals surface area contributed by atoms with Crippen molar-refractivity contribution in [2.45, 2.75) is 25.4 Å². The third-order valence-corrected chi connectivity index (χ3v) is 3.81. The van der Waals surface area contributed by atoms with Crippen LogP contribution in [0.2, 0.25) is 0 Å². The molecule has 0 spiro atoms. The zero-order valence-electron chi connectivity index (χ0n) is 11.8. The lowest BCUT2D eigenvalue weighted by Crippen LogP contribution is -2.28. The van der Waals surface area contributed by atoms with Crippen LogP contribution in [0.4, 0.5) is 13.2 Å². The van der Waals surface area contributed by atoms with Gasteiger partial charge in [0.15, 0.2) is 5.82 Å². The first-order chi connectivity index (χ1) is 10.5. The summed E-state index contributed by atoms with van der Waals surface area (Å²) < 4.78 is 38.9. The molecule has 1 aliphatic heterocycles. The molecule has 3 heterocycles. The van der Waals surface area contributed by atoms with E-state index in [0.29, 0.717) is 11.7 Å². The molecule has 2 aromatic rings. The van der Waals surface area contributed by atoms with Crippen molar-refractivity contribution in [2.75, 3.05) is 13.1 Å². The van der Waals surface area contributed by atoms with Gasteiger partial charge in [0, 0.05) is 6.20 Å². The van der Waals surface area contributed by atoms with Gasteiger partial charge in [-0.1, -0.05) is 5.21 Å². The molecule has 0 bridgehead atoms. The second kappa shape index (κ2) is 6.04. The van der Waals surface area contributed by atoms with Gasteiger partial charge in [0.25, 0.3) is 0 Å². The predicted octanol–water partition coefficient (Wildman–Crippen LogP) is 2.22. The minimum Gasteiger partial charge on any atom is -0.317 e. The molecule has 1 saturated heterocycles. The van der Waals surface area contributed by atoms with E-state index in [9.17, 15) is 13.2 Å². The van der Waals surface area contributed by atoms with Gasteiger partial charge in [-0.15, -0.1) is 5.10 Å². The molecular weight excluding hydrogens is 295 g/mol. The molecule has 0 aromatic carbocycles. The predicted molar refractivity (Wildman–Crippen MR) is 73.5 cm³/mol. The molecule has 1 fully saturated rings. The molecule has 5 nitrogen and oxygen atoms in total. The van der Waals surface area contributed by atoms with E-state index in [-0.39, 0.29) is 0 Å². The fraction of sp³-hybridized carbons (Fsp3) is 0.500. The van der Waals surface area contributed by atoms with Crippen LogP contribution in [0.25, 0.3) is 5.82 Å². The Hall–Kier alpha value is -1.96. The van der Waals surface area contributed by atoms with Crippen LogP contribution in [-0.4, -0.2) is 33.1 Å². The average molecular weight is 311 g/mol. The number of aromatic nitrogens is 4. The summed E-state index contributed by atoms with van der Waals surface area (Å²) in [6, 6.07) is 2.29. The minimum absolute atomic E-state index is 0.331. The van der Waals surface area contributed by atoms with E-state index >= 15 is 0 Å². The number of pyridine rings is 1. The van der Waals surface area contributed by atoms with Gasteiger partial charge in [0.1, 0.15) is 0 Å². The van der Waals surface area contributed by atoms with Crippen molar-refractivity contribution in [1.29, 1.82) is 0 Å². The Morgan fingerprint density at radius 3 is 2.64 bits per heavy atom. The van der Waals surface area contributed by atoms with E-state index in [0.717, 1.165) is 50.3 Å². The van der Waals surface area contributed by atoms with Gasteiger partial charge < -0.3 is 5.32 Å². The van der Waals surface area contributed by atoms with Gasteiger partial charge in [-0.05, 0) is 50.4 Å². The summed E-state index contributed by atoms with van der Waals surface area (Å²) in [6.07, 6.45) is 1.20. The van der Waals surface area contributed by atoms with Crippen molar-refractivity contribution in [3.8, 4) is 5.82 Å². The zero-order chi connectivity index (χ0) is 15.6. The van der Waals surface area contributed by atoms with Crippen LogP contribution in [-0.2, 0) is 12.6 Å². The smallest absolute Gasteiger partial charge is 0.317 e. The maximum atomic E-state index is 12.5. The van der Waals surface area contributed by atoms with Crippen LogP contribution < -0.4 is 5.32 Å². The van der Waals surface area contributed by atoms with Crippen LogP contribution in [0.15, 0.2) is 24.5 Å². The highest BCUT2D eigenvalue weighted by Crippen LogP contribution is 2.28. The van der Waals surface area contributed by atoms with Gasteiger partial charge in [-0.2, -0.15) is 13.2 Å². The number of hydrogen-bond acceptors (Lipinski definition) is 4. The molecule has 0 unspecified atom stereocenters. The van der Waals surface area contributed by atoms with Crippen molar-refractivity contribution in [3.05, 3.63) is 35.8 Å². The Morgan fingerprint density at radius 2 is 2.00 bits per heavy atom. The quantitative estimate of drug-likeness (QED) is 0.944. The second-order valence-corrected chi connectivity index (χ2v) is 5.45. The molecule has 0 radical (unpaired) electrons. The molecule has 8 heteroatoms. The first kappa shape index (κ1) is 15.0. The van der Waals surface area contributed by atoms with Crippen molar-refractivity contribution >= 4 is 0 Å². The summed E-state index contributed by atoms with van der Waals surface area (Å²) in [5.41, 5.74) is 0.0693. The zero-order valence-corrected chi connectivity index (χ0v) is 11.8. The number of rotatable bonds is 3. The molecule has 0 atom stereocenters. The van der Waals surface area contributed by atoms with Gasteiger partial charge in [0.2, 0.25) is 0 Å². The number of halogens is 3. The summed E-state index contributed by atoms with van der Waals surface area (Å²) in [7, 11) is 0. The third-order valence-electron chi connectivity index (χ3n) is 3.81. The van der Waals surface area contributed by atoms with Gasteiger partial charge in [-0.25, -0.2) is 9.67 Å². The molecule has 3 rings (SSSR count). The lowest BCUT2D eigenvalue weighted by Gasteiger charge is -2.21. The molecule has 1 N–H and O–H groups in total. The summed E-state index contributed by atoms with van der Waals surface area (Å²) in [4.78, 5) is 3.81. The summed E-state index contributed by atoms with van der Waals surface area (Å²) in [5.74, 6) is 0.907. The Labute approximate surface area is 125 Å². The first-order valence-electron chi connectivity index (χ1n) is 7.18. The van der Waals surface area contributed by atoms with Crippen LogP contribution in [0.3, 0.4) is 0 Å². The fourth-order valence-electron chi connectivity index (χ4n) is 2.57. The summed E-state index contributed by atoms with van der Waals surface area (Å²) in [5, 5.41) is 11.3. The monoisotopic (exact) mass is 311 g/mol. The molecule has 22 heavy (non-hydrogen) atoms. The topological polar surface area (TPSA) is 55.6 Å². The molecule has 0 amide bonds. The molecule has 1 aliphatic rings. The number of nitrogens with zero attached hydrogens (tertiary/aromatic N) is 4. The molecule has 118 valence electrons. The highest BCUT2D eigenvalue weighted by Gasteiger charge is 2.30. The molecular formula is C14H16F3N5. The number of nitrogens with one attached hydrogen (secondary N) is 1. The maximum Gasteiger partial charge on any atom is 0.417 e. The summed E-state index contributed by atoms with van der Waals surface area (Å²) in [6.45, 7) is 2.03. The Balaban J connectivity index is 1.70. The number of alkyl halides is 3. The highest BCUT2D eigenvalue weighted by atomic mass is 19.4. The largest absolute Gasteiger partial charge is 0.417 e. The molecule has 2 aromatic heterocycles. The van der Waals surface area contributed by atoms with E-state index in [1.54, 1.807) is 6.20 Å². The molecule has 0 aliphatic carbocycles. The van der Waals surface area contributed by atoms with Crippen LogP contribution in [0.5, 0.6) is 0 Å². The van der Waals surface area contributed by atoms with Gasteiger partial charge in [0.05, 0.1) is 17.5 Å². The SMILES string of the molecule is FC(F)(F)c1ccc(-n2cc(CC3CCNCC3)nn2)nc1. The van der Waals surface area contributed by atoms with Crippen molar-refractivity contribution < 1.29 is 13.2 Å². The average Bonchev–Trinajstić information content (AvgIpc) is 2.96. The maximum absolute atomic E-state index is 12.5. The lowest BCUT2D eigenvalue weighted by molar-refractivity contribution is -0.137. The standard InChI is InChI=1S/C14H16F3N5/c15-14(16,17)11-1-2-13(19-8-11)22-9-12(20-21-22)7-10-3-5-18-6-4-10/h1-2,8-10,18H,3-7H2. The number of hydrogen-bond donors (Lipinski definition) is 1. The Bertz CT molecular complexity index is 614. The second-order valence-electron chi connectivity index (χ2n) is 5.45. The third kappa shape index (κ3) is 3.44. The van der Waals surface area contributed by atoms with Crippen LogP contribution in [0.1, 0.15) is 24.1 Å². The van der Waals surface area contributed by atoms with E-state index in [1.807, 2.05) is 0 Å². The summed E-state index contributed by atoms with van der Waals surface area (Å²) >= 11 is 0. The van der Waals surface area contributed by atoms with Crippen LogP contribution in [0, 0.1) is 5.92 Å². The van der Waals surface area contributed by atoms with Crippen molar-refractivity contribution in [2.24, 2.45) is 5.92 Å². The normalized spacial score (nSPS) is 16.9. The number of piperidine rings is 1. The van der Waals surface area contributed by atoms with Gasteiger partial charge in [-0.3, -0.25) is 0 Å². The Morgan fingerprint density at radius 1 is 1.23 bits per heavy atom. The van der Waals surface area contributed by atoms with Crippen molar-refractivity contribution in [1.82, 2.24) is 25.3 Å². The molecule has 0 saturated carbocycles. The minimum atomic E-state index is -4.38. The van der Waals surface area contributed by atoms with Crippen molar-refractivity contribution in [3.63, 3.8) is 0 Å². The fourth-order valence-corrected chi connectivity index (χ4v) is 2.57. The van der Waals surface area contributed by atoms with Gasteiger partial charge >= 0.3 is 6.18 Å². The van der Waals surface area contributed by atoms with E-state index in [2.05, 4.69) is 20.6 Å². The van der Waals surface area contributed by atoms with E-state index < -0.39 is 11.7 Å². The first-order valence-corrected chi connectivity index (χ1v) is 7.18. The lowest BCUT2D eigenvalue weighted by atomic mass is 9.93. The van der Waals surface area contributed by atoms with Crippen LogP contribution >= 0.6 is 0 Å². The highest BCUT2D eigenvalue weighted by molar-refractivity contribution is 5.26.